The predicted octanol–water partition coefficient (Wildman–Crippen LogP) is 3.80. The minimum atomic E-state index is -0.0409. The summed E-state index contributed by atoms with van der Waals surface area (Å²) in [5.41, 5.74) is 1.64. The average molecular weight is 291 g/mol. The molecule has 0 saturated heterocycles. The summed E-state index contributed by atoms with van der Waals surface area (Å²) in [6.45, 7) is 15.4. The first kappa shape index (κ1) is 17.5. The second-order valence-electron chi connectivity index (χ2n) is 6.91. The average Bonchev–Trinajstić information content (AvgIpc) is 2.37. The van der Waals surface area contributed by atoms with Gasteiger partial charge in [-0.15, -0.1) is 0 Å². The Hall–Kier alpha value is -1.58. The molecule has 21 heavy (non-hydrogen) atoms. The normalized spacial score (nSPS) is 13.1. The Balaban J connectivity index is 3.02. The van der Waals surface area contributed by atoms with Crippen molar-refractivity contribution >= 4 is 11.7 Å². The van der Waals surface area contributed by atoms with Crippen LogP contribution in [0.1, 0.15) is 70.4 Å². The molecule has 1 aromatic heterocycles. The molecule has 118 valence electrons. The van der Waals surface area contributed by atoms with E-state index < -0.39 is 0 Å². The van der Waals surface area contributed by atoms with E-state index in [9.17, 15) is 4.79 Å². The smallest absolute Gasteiger partial charge is 0.251 e. The van der Waals surface area contributed by atoms with Crippen LogP contribution in [0.5, 0.6) is 0 Å². The van der Waals surface area contributed by atoms with Gasteiger partial charge >= 0.3 is 0 Å². The number of nitrogens with one attached hydrogen (secondary N) is 2. The van der Waals surface area contributed by atoms with Crippen molar-refractivity contribution in [2.75, 3.05) is 11.9 Å². The van der Waals surface area contributed by atoms with Gasteiger partial charge < -0.3 is 10.6 Å². The van der Waals surface area contributed by atoms with Gasteiger partial charge in [0.25, 0.3) is 5.91 Å². The highest BCUT2D eigenvalue weighted by Crippen LogP contribution is 2.21. The minimum absolute atomic E-state index is 0.0358. The van der Waals surface area contributed by atoms with Crippen LogP contribution >= 0.6 is 0 Å². The fourth-order valence-electron chi connectivity index (χ4n) is 1.75. The largest absolute Gasteiger partial charge is 0.370 e. The molecule has 1 amide bonds. The molecule has 0 aliphatic heterocycles. The maximum absolute atomic E-state index is 12.5. The molecule has 4 heteroatoms. The molecular formula is C17H29N3O. The zero-order valence-corrected chi connectivity index (χ0v) is 14.4. The van der Waals surface area contributed by atoms with Gasteiger partial charge in [0.2, 0.25) is 0 Å². The highest BCUT2D eigenvalue weighted by atomic mass is 16.1. The molecular weight excluding hydrogens is 262 g/mol. The number of rotatable bonds is 5. The van der Waals surface area contributed by atoms with Gasteiger partial charge in [0, 0.05) is 23.8 Å². The number of pyridine rings is 1. The van der Waals surface area contributed by atoms with E-state index >= 15 is 0 Å². The Morgan fingerprint density at radius 1 is 1.24 bits per heavy atom. The van der Waals surface area contributed by atoms with Crippen LogP contribution in [0.15, 0.2) is 12.1 Å². The number of nitrogens with zero attached hydrogens (tertiary/aromatic N) is 1. The van der Waals surface area contributed by atoms with Crippen molar-refractivity contribution in [2.24, 2.45) is 5.41 Å². The summed E-state index contributed by atoms with van der Waals surface area (Å²) in [4.78, 5) is 17.0. The molecule has 1 aromatic rings. The molecule has 0 aliphatic rings. The molecule has 1 unspecified atom stereocenters. The van der Waals surface area contributed by atoms with E-state index in [1.165, 1.54) is 0 Å². The summed E-state index contributed by atoms with van der Waals surface area (Å²) in [6, 6.07) is 3.80. The zero-order chi connectivity index (χ0) is 16.2. The lowest BCUT2D eigenvalue weighted by Gasteiger charge is -2.28. The van der Waals surface area contributed by atoms with Crippen LogP contribution in [0.4, 0.5) is 5.82 Å². The van der Waals surface area contributed by atoms with Gasteiger partial charge in [0.1, 0.15) is 5.82 Å². The van der Waals surface area contributed by atoms with Crippen LogP contribution in [0.3, 0.4) is 0 Å². The van der Waals surface area contributed by atoms with Crippen LogP contribution in [0.2, 0.25) is 0 Å². The van der Waals surface area contributed by atoms with Crippen molar-refractivity contribution in [3.05, 3.63) is 23.4 Å². The van der Waals surface area contributed by atoms with E-state index in [0.717, 1.165) is 18.1 Å². The van der Waals surface area contributed by atoms with E-state index in [2.05, 4.69) is 50.2 Å². The third-order valence-corrected chi connectivity index (χ3v) is 3.70. The highest BCUT2D eigenvalue weighted by Gasteiger charge is 2.22. The highest BCUT2D eigenvalue weighted by molar-refractivity contribution is 5.95. The van der Waals surface area contributed by atoms with Crippen molar-refractivity contribution in [1.29, 1.82) is 0 Å². The zero-order valence-electron chi connectivity index (χ0n) is 14.4. The van der Waals surface area contributed by atoms with Crippen molar-refractivity contribution in [1.82, 2.24) is 10.3 Å². The number of hydrogen-bond acceptors (Lipinski definition) is 3. The number of carbonyl (C=O) groups excluding carboxylic acids is 1. The first-order valence-electron chi connectivity index (χ1n) is 7.71. The minimum Gasteiger partial charge on any atom is -0.370 e. The van der Waals surface area contributed by atoms with E-state index in [4.69, 9.17) is 0 Å². The molecule has 0 aromatic carbocycles. The number of anilines is 1. The van der Waals surface area contributed by atoms with Crippen LogP contribution in [-0.4, -0.2) is 23.5 Å². The van der Waals surface area contributed by atoms with Crippen molar-refractivity contribution in [2.45, 2.75) is 60.4 Å². The predicted molar refractivity (Wildman–Crippen MR) is 88.9 cm³/mol. The Kier molecular flexibility index (Phi) is 5.76. The molecule has 0 spiro atoms. The van der Waals surface area contributed by atoms with Gasteiger partial charge in [-0.2, -0.15) is 0 Å². The van der Waals surface area contributed by atoms with Crippen LogP contribution in [0.25, 0.3) is 0 Å². The first-order chi connectivity index (χ1) is 9.65. The maximum atomic E-state index is 12.5. The monoisotopic (exact) mass is 291 g/mol. The van der Waals surface area contributed by atoms with Crippen LogP contribution in [-0.2, 0) is 0 Å². The van der Waals surface area contributed by atoms with Gasteiger partial charge in [-0.1, -0.05) is 34.6 Å². The molecule has 0 saturated carbocycles. The number of amides is 1. The third kappa shape index (κ3) is 5.03. The number of aromatic nitrogens is 1. The molecule has 1 heterocycles. The second-order valence-corrected chi connectivity index (χ2v) is 6.91. The lowest BCUT2D eigenvalue weighted by Crippen LogP contribution is -2.41. The molecule has 1 atom stereocenters. The van der Waals surface area contributed by atoms with Crippen molar-refractivity contribution in [3.63, 3.8) is 0 Å². The maximum Gasteiger partial charge on any atom is 0.251 e. The van der Waals surface area contributed by atoms with Crippen LogP contribution in [0, 0.1) is 5.41 Å². The van der Waals surface area contributed by atoms with Gasteiger partial charge in [-0.05, 0) is 37.3 Å². The Morgan fingerprint density at radius 3 is 2.33 bits per heavy atom. The Morgan fingerprint density at radius 2 is 1.86 bits per heavy atom. The fraction of sp³-hybridized carbons (Fsp3) is 0.647. The summed E-state index contributed by atoms with van der Waals surface area (Å²) in [5.74, 6) is 1.01. The van der Waals surface area contributed by atoms with Crippen LogP contribution < -0.4 is 10.6 Å². The van der Waals surface area contributed by atoms with Gasteiger partial charge in [0.15, 0.2) is 0 Å². The lowest BCUT2D eigenvalue weighted by molar-refractivity contribution is 0.0910. The Bertz CT molecular complexity index is 489. The second kappa shape index (κ2) is 6.92. The molecule has 0 bridgehead atoms. The summed E-state index contributed by atoms with van der Waals surface area (Å²) < 4.78 is 0. The molecule has 0 fully saturated rings. The summed E-state index contributed by atoms with van der Waals surface area (Å²) in [6.07, 6.45) is 0. The van der Waals surface area contributed by atoms with E-state index in [1.807, 2.05) is 26.0 Å². The molecule has 0 aliphatic carbocycles. The quantitative estimate of drug-likeness (QED) is 0.867. The summed E-state index contributed by atoms with van der Waals surface area (Å²) >= 11 is 0. The topological polar surface area (TPSA) is 54.0 Å². The van der Waals surface area contributed by atoms with E-state index in [0.29, 0.717) is 5.56 Å². The van der Waals surface area contributed by atoms with E-state index in [1.54, 1.807) is 0 Å². The lowest BCUT2D eigenvalue weighted by atomic mass is 9.88. The summed E-state index contributed by atoms with van der Waals surface area (Å²) in [7, 11) is 0. The number of hydrogen-bond donors (Lipinski definition) is 2. The van der Waals surface area contributed by atoms with Crippen molar-refractivity contribution in [3.8, 4) is 0 Å². The first-order valence-corrected chi connectivity index (χ1v) is 7.71. The third-order valence-electron chi connectivity index (χ3n) is 3.70. The number of carbonyl (C=O) groups is 1. The summed E-state index contributed by atoms with van der Waals surface area (Å²) in [5, 5.41) is 6.27. The van der Waals surface area contributed by atoms with Crippen molar-refractivity contribution < 1.29 is 4.79 Å². The molecule has 1 rings (SSSR count). The standard InChI is InChI=1S/C17H29N3O/c1-8-18-15-10-13(9-14(20-15)11(2)3)16(21)19-12(4)17(5,6)7/h9-12H,8H2,1-7H3,(H,18,20)(H,19,21). The molecule has 2 N–H and O–H groups in total. The van der Waals surface area contributed by atoms with Gasteiger partial charge in [0.05, 0.1) is 0 Å². The van der Waals surface area contributed by atoms with Gasteiger partial charge in [-0.25, -0.2) is 4.98 Å². The molecule has 0 radical (unpaired) electrons. The Labute approximate surface area is 128 Å². The molecule has 4 nitrogen and oxygen atoms in total. The van der Waals surface area contributed by atoms with E-state index in [-0.39, 0.29) is 23.3 Å². The van der Waals surface area contributed by atoms with Gasteiger partial charge in [-0.3, -0.25) is 4.79 Å². The SMILES string of the molecule is CCNc1cc(C(=O)NC(C)C(C)(C)C)cc(C(C)C)n1. The fourth-order valence-corrected chi connectivity index (χ4v) is 1.75.